The van der Waals surface area contributed by atoms with Crippen molar-refractivity contribution in [3.63, 3.8) is 0 Å². The average Bonchev–Trinajstić information content (AvgIpc) is 2.53. The molecule has 4 heteroatoms. The van der Waals surface area contributed by atoms with Gasteiger partial charge in [0.1, 0.15) is 0 Å². The number of imidazole rings is 1. The van der Waals surface area contributed by atoms with Crippen LogP contribution in [0, 0.1) is 0 Å². The number of aliphatic imine (C=N–C) groups is 1. The lowest BCUT2D eigenvalue weighted by atomic mass is 10.2. The zero-order chi connectivity index (χ0) is 11.3. The van der Waals surface area contributed by atoms with Crippen LogP contribution < -0.4 is 0 Å². The number of hydrogen-bond donors (Lipinski definition) is 0. The molecule has 2 aromatic rings. The lowest BCUT2D eigenvalue weighted by Gasteiger charge is -2.32. The van der Waals surface area contributed by atoms with Gasteiger partial charge in [0.2, 0.25) is 5.95 Å². The van der Waals surface area contributed by atoms with Crippen LogP contribution in [0.3, 0.4) is 0 Å². The zero-order valence-electron chi connectivity index (χ0n) is 9.56. The molecule has 82 valence electrons. The molecule has 0 saturated carbocycles. The topological polar surface area (TPSA) is 39.4 Å². The first-order chi connectivity index (χ1) is 7.58. The highest BCUT2D eigenvalue weighted by molar-refractivity contribution is 5.83. The summed E-state index contributed by atoms with van der Waals surface area (Å²) in [5.41, 5.74) is 1.57. The van der Waals surface area contributed by atoms with Crippen LogP contribution in [-0.4, -0.2) is 15.4 Å². The Hall–Kier alpha value is -1.84. The Morgan fingerprint density at radius 1 is 1.25 bits per heavy atom. The van der Waals surface area contributed by atoms with E-state index in [4.69, 9.17) is 4.74 Å². The van der Waals surface area contributed by atoms with Crippen molar-refractivity contribution in [2.75, 3.05) is 0 Å². The third-order valence-corrected chi connectivity index (χ3v) is 2.74. The summed E-state index contributed by atoms with van der Waals surface area (Å²) < 4.78 is 7.76. The molecule has 0 aliphatic carbocycles. The van der Waals surface area contributed by atoms with Gasteiger partial charge in [-0.3, -0.25) is 4.57 Å². The van der Waals surface area contributed by atoms with Crippen molar-refractivity contribution in [3.8, 4) is 0 Å². The Bertz CT molecular complexity index is 595. The van der Waals surface area contributed by atoms with E-state index in [0.29, 0.717) is 5.90 Å². The largest absolute Gasteiger partial charge is 0.455 e. The molecule has 1 aromatic heterocycles. The number of benzene rings is 1. The van der Waals surface area contributed by atoms with E-state index in [1.807, 2.05) is 49.6 Å². The van der Waals surface area contributed by atoms with Crippen LogP contribution in [-0.2, 0) is 10.5 Å². The van der Waals surface area contributed by atoms with Gasteiger partial charge in [-0.2, -0.15) is 4.99 Å². The third kappa shape index (κ3) is 1.16. The van der Waals surface area contributed by atoms with E-state index in [-0.39, 0.29) is 0 Å². The lowest BCUT2D eigenvalue weighted by molar-refractivity contribution is 0.0155. The molecule has 1 aliphatic rings. The standard InChI is InChI=1S/C12H13N3O/c1-8-13-11-14-9-6-4-5-7-10(9)15(11)12(2,3)16-8/h4-7H,1-3H3. The minimum atomic E-state index is -0.433. The van der Waals surface area contributed by atoms with Crippen molar-refractivity contribution in [2.24, 2.45) is 4.99 Å². The molecule has 0 N–H and O–H groups in total. The molecular weight excluding hydrogens is 202 g/mol. The van der Waals surface area contributed by atoms with Crippen molar-refractivity contribution < 1.29 is 4.74 Å². The van der Waals surface area contributed by atoms with Gasteiger partial charge in [-0.25, -0.2) is 4.98 Å². The predicted octanol–water partition coefficient (Wildman–Crippen LogP) is 2.81. The zero-order valence-corrected chi connectivity index (χ0v) is 9.56. The maximum absolute atomic E-state index is 5.74. The minimum absolute atomic E-state index is 0.433. The molecular formula is C12H13N3O. The maximum Gasteiger partial charge on any atom is 0.236 e. The normalized spacial score (nSPS) is 17.8. The molecule has 4 nitrogen and oxygen atoms in total. The molecule has 0 amide bonds. The predicted molar refractivity (Wildman–Crippen MR) is 62.9 cm³/mol. The van der Waals surface area contributed by atoms with Crippen LogP contribution in [0.2, 0.25) is 0 Å². The van der Waals surface area contributed by atoms with Gasteiger partial charge in [-0.05, 0) is 26.0 Å². The van der Waals surface area contributed by atoms with Crippen LogP contribution in [0.4, 0.5) is 5.95 Å². The summed E-state index contributed by atoms with van der Waals surface area (Å²) in [6, 6.07) is 8.00. The van der Waals surface area contributed by atoms with Crippen LogP contribution in [0.25, 0.3) is 11.0 Å². The fraction of sp³-hybridized carbons (Fsp3) is 0.333. The van der Waals surface area contributed by atoms with Crippen LogP contribution in [0.1, 0.15) is 20.8 Å². The molecule has 2 heterocycles. The van der Waals surface area contributed by atoms with Gasteiger partial charge in [0.15, 0.2) is 11.6 Å². The molecule has 1 aromatic carbocycles. The number of fused-ring (bicyclic) bond motifs is 3. The molecule has 0 spiro atoms. The van der Waals surface area contributed by atoms with Crippen molar-refractivity contribution in [1.82, 2.24) is 9.55 Å². The number of rotatable bonds is 0. The molecule has 0 radical (unpaired) electrons. The summed E-state index contributed by atoms with van der Waals surface area (Å²) in [7, 11) is 0. The van der Waals surface area contributed by atoms with E-state index in [1.165, 1.54) is 0 Å². The fourth-order valence-electron chi connectivity index (χ4n) is 2.19. The third-order valence-electron chi connectivity index (χ3n) is 2.74. The summed E-state index contributed by atoms with van der Waals surface area (Å²) in [4.78, 5) is 8.82. The highest BCUT2D eigenvalue weighted by Crippen LogP contribution is 2.33. The van der Waals surface area contributed by atoms with Crippen molar-refractivity contribution in [2.45, 2.75) is 26.5 Å². The number of para-hydroxylation sites is 2. The summed E-state index contributed by atoms with van der Waals surface area (Å²) in [5, 5.41) is 0. The van der Waals surface area contributed by atoms with E-state index in [0.717, 1.165) is 17.0 Å². The Morgan fingerprint density at radius 2 is 2.00 bits per heavy atom. The van der Waals surface area contributed by atoms with E-state index >= 15 is 0 Å². The van der Waals surface area contributed by atoms with Crippen LogP contribution in [0.5, 0.6) is 0 Å². The van der Waals surface area contributed by atoms with Gasteiger partial charge >= 0.3 is 0 Å². The van der Waals surface area contributed by atoms with Crippen molar-refractivity contribution in [1.29, 1.82) is 0 Å². The van der Waals surface area contributed by atoms with Gasteiger partial charge < -0.3 is 4.74 Å². The fourth-order valence-corrected chi connectivity index (χ4v) is 2.19. The average molecular weight is 215 g/mol. The Labute approximate surface area is 93.6 Å². The molecule has 0 atom stereocenters. The van der Waals surface area contributed by atoms with Crippen LogP contribution in [0.15, 0.2) is 29.3 Å². The molecule has 0 saturated heterocycles. The van der Waals surface area contributed by atoms with Gasteiger partial charge in [0.05, 0.1) is 11.0 Å². The Kier molecular flexibility index (Phi) is 1.67. The first-order valence-corrected chi connectivity index (χ1v) is 5.30. The highest BCUT2D eigenvalue weighted by Gasteiger charge is 2.31. The SMILES string of the molecule is CC1=Nc2nc3ccccc3n2C(C)(C)O1. The first-order valence-electron chi connectivity index (χ1n) is 5.30. The molecule has 0 unspecified atom stereocenters. The number of aromatic nitrogens is 2. The van der Waals surface area contributed by atoms with Gasteiger partial charge in [-0.1, -0.05) is 12.1 Å². The van der Waals surface area contributed by atoms with Gasteiger partial charge in [-0.15, -0.1) is 0 Å². The van der Waals surface area contributed by atoms with Crippen molar-refractivity contribution in [3.05, 3.63) is 24.3 Å². The minimum Gasteiger partial charge on any atom is -0.455 e. The van der Waals surface area contributed by atoms with E-state index in [9.17, 15) is 0 Å². The molecule has 1 aliphatic heterocycles. The maximum atomic E-state index is 5.74. The highest BCUT2D eigenvalue weighted by atomic mass is 16.5. The molecule has 0 bridgehead atoms. The monoisotopic (exact) mass is 215 g/mol. The van der Waals surface area contributed by atoms with Crippen LogP contribution >= 0.6 is 0 Å². The second-order valence-electron chi connectivity index (χ2n) is 4.42. The first kappa shape index (κ1) is 9.39. The lowest BCUT2D eigenvalue weighted by Crippen LogP contribution is -2.34. The van der Waals surface area contributed by atoms with Crippen molar-refractivity contribution >= 4 is 22.9 Å². The molecule has 0 fully saturated rings. The molecule has 16 heavy (non-hydrogen) atoms. The summed E-state index contributed by atoms with van der Waals surface area (Å²) in [6.45, 7) is 5.89. The summed E-state index contributed by atoms with van der Waals surface area (Å²) >= 11 is 0. The van der Waals surface area contributed by atoms with E-state index < -0.39 is 5.72 Å². The van der Waals surface area contributed by atoms with Gasteiger partial charge in [0.25, 0.3) is 0 Å². The quantitative estimate of drug-likeness (QED) is 0.677. The summed E-state index contributed by atoms with van der Waals surface area (Å²) in [5.74, 6) is 1.38. The number of ether oxygens (including phenoxy) is 1. The Morgan fingerprint density at radius 3 is 2.81 bits per heavy atom. The number of nitrogens with zero attached hydrogens (tertiary/aromatic N) is 3. The van der Waals surface area contributed by atoms with Gasteiger partial charge in [0, 0.05) is 6.92 Å². The van der Waals surface area contributed by atoms with E-state index in [2.05, 4.69) is 9.98 Å². The Balaban J connectivity index is 2.41. The second kappa shape index (κ2) is 2.84. The van der Waals surface area contributed by atoms with E-state index in [1.54, 1.807) is 0 Å². The smallest absolute Gasteiger partial charge is 0.236 e. The second-order valence-corrected chi connectivity index (χ2v) is 4.42. The number of hydrogen-bond acceptors (Lipinski definition) is 3. The molecule has 3 rings (SSSR count). The summed E-state index contributed by atoms with van der Waals surface area (Å²) in [6.07, 6.45) is 0.